The number of thiazole rings is 2. The second-order valence-electron chi connectivity index (χ2n) is 17.9. The molecule has 76 heavy (non-hydrogen) atoms. The average molecular weight is 1180 g/mol. The summed E-state index contributed by atoms with van der Waals surface area (Å²) in [7, 11) is 3.47. The van der Waals surface area contributed by atoms with E-state index in [2.05, 4.69) is 46.3 Å². The molecule has 8 rings (SSSR count). The molecule has 4 N–H and O–H groups in total. The number of likely N-dealkylation sites (N-methyl/N-ethyl adjacent to an activating group) is 2. The molecule has 0 amide bonds. The van der Waals surface area contributed by atoms with Gasteiger partial charge in [-0.15, -0.1) is 22.7 Å². The van der Waals surface area contributed by atoms with E-state index in [0.717, 1.165) is 0 Å². The van der Waals surface area contributed by atoms with Gasteiger partial charge in [0, 0.05) is 102 Å². The topological polar surface area (TPSA) is 233 Å². The highest BCUT2D eigenvalue weighted by molar-refractivity contribution is 9.10. The number of carbonyl (C=O) groups is 4. The van der Waals surface area contributed by atoms with Crippen molar-refractivity contribution in [3.05, 3.63) is 124 Å². The van der Waals surface area contributed by atoms with Crippen molar-refractivity contribution in [1.29, 1.82) is 0 Å². The fourth-order valence-corrected chi connectivity index (χ4v) is 10.9. The van der Waals surface area contributed by atoms with Crippen molar-refractivity contribution in [1.82, 2.24) is 40.2 Å². The quantitative estimate of drug-likeness (QED) is 0.0830. The van der Waals surface area contributed by atoms with E-state index in [1.165, 1.54) is 53.0 Å². The Balaban J connectivity index is 0.000000221. The van der Waals surface area contributed by atoms with Gasteiger partial charge in [0.05, 0.1) is 62.9 Å². The van der Waals surface area contributed by atoms with Gasteiger partial charge in [-0.3, -0.25) is 39.2 Å². The van der Waals surface area contributed by atoms with Crippen LogP contribution in [0.5, 0.6) is 0 Å². The summed E-state index contributed by atoms with van der Waals surface area (Å²) in [5.41, 5.74) is 2.91. The molecule has 0 radical (unpaired) electrons. The third-order valence-electron chi connectivity index (χ3n) is 12.1. The van der Waals surface area contributed by atoms with Gasteiger partial charge in [0.2, 0.25) is 0 Å². The van der Waals surface area contributed by atoms with Gasteiger partial charge in [0.1, 0.15) is 23.7 Å². The average Bonchev–Trinajstić information content (AvgIpc) is 4.11. The smallest absolute Gasteiger partial charge is 0.338 e. The van der Waals surface area contributed by atoms with Gasteiger partial charge < -0.3 is 39.8 Å². The van der Waals surface area contributed by atoms with Crippen molar-refractivity contribution >= 4 is 85.8 Å². The molecule has 4 aromatic rings. The summed E-state index contributed by atoms with van der Waals surface area (Å²) < 4.78 is 50.9. The molecular weight excluding hydrogens is 1120 g/mol. The number of aromatic nitrogens is 2. The summed E-state index contributed by atoms with van der Waals surface area (Å²) in [6, 6.07) is 6.70. The van der Waals surface area contributed by atoms with Crippen LogP contribution in [0.2, 0.25) is 5.02 Å². The van der Waals surface area contributed by atoms with Gasteiger partial charge in [-0.2, -0.15) is 0 Å². The molecule has 0 saturated carbocycles. The molecular formula is C50H58BrClF2N10O10S2. The van der Waals surface area contributed by atoms with Crippen LogP contribution in [-0.2, 0) is 38.1 Å². The normalized spacial score (nSPS) is 20.3. The summed E-state index contributed by atoms with van der Waals surface area (Å²) in [6.07, 6.45) is 2.93. The van der Waals surface area contributed by atoms with Crippen LogP contribution >= 0.6 is 50.2 Å². The summed E-state index contributed by atoms with van der Waals surface area (Å²) in [4.78, 5) is 74.8. The van der Waals surface area contributed by atoms with Crippen LogP contribution in [0.25, 0.3) is 0 Å². The molecule has 6 heterocycles. The lowest BCUT2D eigenvalue weighted by molar-refractivity contribution is -0.140. The second-order valence-corrected chi connectivity index (χ2v) is 20.9. The number of aliphatic imine (C=N–C) groups is 2. The first-order valence-corrected chi connectivity index (χ1v) is 27.1. The summed E-state index contributed by atoms with van der Waals surface area (Å²) in [6.45, 7) is 8.46. The molecule has 20 nitrogen and oxygen atoms in total. The monoisotopic (exact) mass is 1170 g/mol. The maximum Gasteiger partial charge on any atom is 0.338 e. The zero-order valence-electron chi connectivity index (χ0n) is 42.0. The van der Waals surface area contributed by atoms with Crippen molar-refractivity contribution < 1.29 is 57.1 Å². The van der Waals surface area contributed by atoms with E-state index >= 15 is 0 Å². The summed E-state index contributed by atoms with van der Waals surface area (Å²) in [5, 5.41) is 29.8. The van der Waals surface area contributed by atoms with E-state index in [0.29, 0.717) is 120 Å². The van der Waals surface area contributed by atoms with Crippen LogP contribution < -0.4 is 10.6 Å². The SMILES string of the molecule is CCOC(=O)C1=C(CN2CCOC(CN(C)CC(=O)O)C2)NC(c2nccs2)=NC1c1ccc(F)cc1Br.CCOC(=O)C1=C(CN2CCOC(CN(C)CC(=O)O)C2)NC(c2nccs2)=NC1c1ccc(F)cc1Cl. The maximum absolute atomic E-state index is 13.9. The van der Waals surface area contributed by atoms with Gasteiger partial charge in [-0.25, -0.2) is 28.3 Å². The van der Waals surface area contributed by atoms with E-state index in [-0.39, 0.29) is 49.1 Å². The fraction of sp³-hybridized carbons (Fsp3) is 0.440. The number of nitrogens with zero attached hydrogens (tertiary/aromatic N) is 8. The maximum atomic E-state index is 13.9. The standard InChI is InChI=1S/C25H29BrFN5O5S.C25H29ClFN5O5S/c2*1-3-36-25(35)21-19(13-32-7-8-37-16(12-32)11-31(2)14-20(33)34)29-23(24-28-6-9-38-24)30-22(21)17-5-4-15(27)10-18(17)26/h2*4-6,9-10,16,22H,3,7-8,11-14H2,1-2H3,(H,29,30)(H,33,34). The lowest BCUT2D eigenvalue weighted by Gasteiger charge is -2.36. The van der Waals surface area contributed by atoms with E-state index in [4.69, 9.17) is 50.7 Å². The Bertz CT molecular complexity index is 2640. The number of amidine groups is 2. The van der Waals surface area contributed by atoms with Crippen molar-refractivity contribution in [2.75, 3.05) is 106 Å². The molecule has 2 aromatic carbocycles. The van der Waals surface area contributed by atoms with Crippen LogP contribution in [0, 0.1) is 11.6 Å². The minimum absolute atomic E-state index is 0.0819. The van der Waals surface area contributed by atoms with Crippen molar-refractivity contribution in [2.45, 2.75) is 38.1 Å². The molecule has 2 fully saturated rings. The highest BCUT2D eigenvalue weighted by Gasteiger charge is 2.37. The van der Waals surface area contributed by atoms with E-state index in [1.54, 1.807) is 56.2 Å². The first-order valence-electron chi connectivity index (χ1n) is 24.2. The number of esters is 2. The number of benzene rings is 2. The minimum Gasteiger partial charge on any atom is -0.480 e. The fourth-order valence-electron chi connectivity index (χ4n) is 8.94. The molecule has 0 bridgehead atoms. The van der Waals surface area contributed by atoms with Gasteiger partial charge in [0.25, 0.3) is 0 Å². The number of carboxylic acids is 2. The molecule has 0 spiro atoms. The highest BCUT2D eigenvalue weighted by Crippen LogP contribution is 2.39. The number of carbonyl (C=O) groups excluding carboxylic acids is 2. The third kappa shape index (κ3) is 15.8. The molecule has 4 aliphatic rings. The minimum atomic E-state index is -0.907. The van der Waals surface area contributed by atoms with Crippen LogP contribution in [0.3, 0.4) is 0 Å². The number of carboxylic acid groups (broad SMARTS) is 2. The van der Waals surface area contributed by atoms with Gasteiger partial charge in [-0.1, -0.05) is 39.7 Å². The van der Waals surface area contributed by atoms with Gasteiger partial charge in [0.15, 0.2) is 21.7 Å². The Morgan fingerprint density at radius 3 is 1.61 bits per heavy atom. The second kappa shape index (κ2) is 27.6. The van der Waals surface area contributed by atoms with E-state index in [9.17, 15) is 28.0 Å². The number of hydrogen-bond acceptors (Lipinski definition) is 20. The van der Waals surface area contributed by atoms with E-state index < -0.39 is 47.6 Å². The van der Waals surface area contributed by atoms with Crippen LogP contribution in [0.1, 0.15) is 47.1 Å². The Morgan fingerprint density at radius 1 is 0.750 bits per heavy atom. The highest BCUT2D eigenvalue weighted by atomic mass is 79.9. The Labute approximate surface area is 459 Å². The number of ether oxygens (including phenoxy) is 4. The zero-order valence-corrected chi connectivity index (χ0v) is 46.0. The van der Waals surface area contributed by atoms with Crippen molar-refractivity contribution in [2.24, 2.45) is 9.98 Å². The third-order valence-corrected chi connectivity index (χ3v) is 14.7. The van der Waals surface area contributed by atoms with Crippen molar-refractivity contribution in [3.8, 4) is 0 Å². The molecule has 2 aromatic heterocycles. The molecule has 408 valence electrons. The van der Waals surface area contributed by atoms with Crippen molar-refractivity contribution in [3.63, 3.8) is 0 Å². The number of nitrogens with one attached hydrogen (secondary N) is 2. The Morgan fingerprint density at radius 2 is 1.20 bits per heavy atom. The van der Waals surface area contributed by atoms with Crippen LogP contribution in [0.4, 0.5) is 8.78 Å². The summed E-state index contributed by atoms with van der Waals surface area (Å²) >= 11 is 12.7. The predicted molar refractivity (Wildman–Crippen MR) is 285 cm³/mol. The number of aliphatic carboxylic acids is 2. The van der Waals surface area contributed by atoms with Crippen LogP contribution in [0.15, 0.2) is 96.5 Å². The first-order chi connectivity index (χ1) is 36.5. The summed E-state index contributed by atoms with van der Waals surface area (Å²) in [5.74, 6) is -2.79. The lowest BCUT2D eigenvalue weighted by Crippen LogP contribution is -2.49. The Kier molecular flexibility index (Phi) is 21.1. The lowest BCUT2D eigenvalue weighted by atomic mass is 9.95. The molecule has 0 aliphatic carbocycles. The largest absolute Gasteiger partial charge is 0.480 e. The molecule has 4 aliphatic heterocycles. The van der Waals surface area contributed by atoms with E-state index in [1.807, 2.05) is 10.8 Å². The molecule has 4 atom stereocenters. The van der Waals surface area contributed by atoms with Gasteiger partial charge in [-0.05, 0) is 57.8 Å². The first kappa shape index (κ1) is 58.1. The molecule has 26 heteroatoms. The number of rotatable bonds is 20. The number of hydrogen-bond donors (Lipinski definition) is 4. The van der Waals surface area contributed by atoms with Crippen LogP contribution in [-0.4, -0.2) is 194 Å². The molecule has 2 saturated heterocycles. The number of morpholine rings is 2. The molecule has 4 unspecified atom stereocenters. The number of halogens is 4. The predicted octanol–water partition coefficient (Wildman–Crippen LogP) is 5.23. The van der Waals surface area contributed by atoms with Gasteiger partial charge >= 0.3 is 23.9 Å². The Hall–Kier alpha value is -5.61. The zero-order chi connectivity index (χ0) is 54.5.